The van der Waals surface area contributed by atoms with Crippen molar-refractivity contribution in [1.82, 2.24) is 19.6 Å². The van der Waals surface area contributed by atoms with Crippen LogP contribution < -0.4 is 0 Å². The molecule has 2 aromatic carbocycles. The Balaban J connectivity index is 1.20. The van der Waals surface area contributed by atoms with E-state index in [2.05, 4.69) is 9.80 Å². The van der Waals surface area contributed by atoms with Crippen molar-refractivity contribution in [3.05, 3.63) is 71.5 Å². The predicted molar refractivity (Wildman–Crippen MR) is 117 cm³/mol. The maximum absolute atomic E-state index is 13.9. The van der Waals surface area contributed by atoms with Gasteiger partial charge in [0, 0.05) is 70.0 Å². The maximum atomic E-state index is 13.9. The molecule has 164 valence electrons. The minimum absolute atomic E-state index is 0.0533. The van der Waals surface area contributed by atoms with Gasteiger partial charge in [0.1, 0.15) is 5.82 Å². The van der Waals surface area contributed by atoms with Crippen LogP contribution in [0.2, 0.25) is 0 Å². The lowest BCUT2D eigenvalue weighted by atomic mass is 10.1. The second-order valence-corrected chi connectivity index (χ2v) is 8.18. The first-order valence-electron chi connectivity index (χ1n) is 10.9. The van der Waals surface area contributed by atoms with Crippen molar-refractivity contribution in [2.24, 2.45) is 0 Å². The fourth-order valence-corrected chi connectivity index (χ4v) is 4.19. The Kier molecular flexibility index (Phi) is 6.94. The molecule has 2 saturated heterocycles. The van der Waals surface area contributed by atoms with Crippen molar-refractivity contribution in [3.63, 3.8) is 0 Å². The monoisotopic (exact) mass is 424 g/mol. The van der Waals surface area contributed by atoms with Gasteiger partial charge in [-0.2, -0.15) is 0 Å². The second-order valence-electron chi connectivity index (χ2n) is 8.18. The molecule has 2 fully saturated rings. The smallest absolute Gasteiger partial charge is 0.253 e. The van der Waals surface area contributed by atoms with E-state index in [-0.39, 0.29) is 17.6 Å². The van der Waals surface area contributed by atoms with Gasteiger partial charge < -0.3 is 9.80 Å². The molecule has 0 aromatic heterocycles. The summed E-state index contributed by atoms with van der Waals surface area (Å²) in [6, 6.07) is 16.2. The van der Waals surface area contributed by atoms with Crippen molar-refractivity contribution in [2.45, 2.75) is 6.54 Å². The van der Waals surface area contributed by atoms with Crippen LogP contribution in [-0.4, -0.2) is 90.3 Å². The zero-order valence-corrected chi connectivity index (χ0v) is 17.8. The van der Waals surface area contributed by atoms with Crippen LogP contribution >= 0.6 is 0 Å². The van der Waals surface area contributed by atoms with Gasteiger partial charge in [-0.05, 0) is 18.2 Å². The molecule has 0 saturated carbocycles. The van der Waals surface area contributed by atoms with Gasteiger partial charge in [-0.1, -0.05) is 36.4 Å². The number of carbonyl (C=O) groups excluding carboxylic acids is 2. The van der Waals surface area contributed by atoms with E-state index in [4.69, 9.17) is 0 Å². The molecular weight excluding hydrogens is 395 g/mol. The van der Waals surface area contributed by atoms with Gasteiger partial charge in [0.2, 0.25) is 5.91 Å². The topological polar surface area (TPSA) is 47.1 Å². The summed E-state index contributed by atoms with van der Waals surface area (Å²) in [5.41, 5.74) is 1.41. The largest absolute Gasteiger partial charge is 0.339 e. The Morgan fingerprint density at radius 3 is 1.97 bits per heavy atom. The van der Waals surface area contributed by atoms with Crippen LogP contribution in [0.15, 0.2) is 54.6 Å². The maximum Gasteiger partial charge on any atom is 0.253 e. The van der Waals surface area contributed by atoms with Crippen LogP contribution in [0.1, 0.15) is 15.9 Å². The summed E-state index contributed by atoms with van der Waals surface area (Å²) < 4.78 is 13.9. The molecule has 6 nitrogen and oxygen atoms in total. The molecule has 31 heavy (non-hydrogen) atoms. The van der Waals surface area contributed by atoms with Crippen molar-refractivity contribution < 1.29 is 14.0 Å². The van der Waals surface area contributed by atoms with E-state index in [1.807, 2.05) is 52.3 Å². The van der Waals surface area contributed by atoms with Crippen LogP contribution in [0.4, 0.5) is 4.39 Å². The molecule has 7 heteroatoms. The van der Waals surface area contributed by atoms with Crippen LogP contribution in [0.3, 0.4) is 0 Å². The highest BCUT2D eigenvalue weighted by Gasteiger charge is 2.26. The van der Waals surface area contributed by atoms with Crippen molar-refractivity contribution in [3.8, 4) is 0 Å². The lowest BCUT2D eigenvalue weighted by Crippen LogP contribution is -2.54. The standard InChI is InChI=1S/C24H29FN4O2/c25-22-9-5-4-8-21(22)18-26-10-14-28(15-11-26)23(30)19-27-12-16-29(17-13-27)24(31)20-6-2-1-3-7-20/h1-9H,10-19H2. The van der Waals surface area contributed by atoms with Crippen molar-refractivity contribution in [2.75, 3.05) is 58.9 Å². The van der Waals surface area contributed by atoms with Gasteiger partial charge in [0.25, 0.3) is 5.91 Å². The van der Waals surface area contributed by atoms with Gasteiger partial charge >= 0.3 is 0 Å². The number of piperazine rings is 2. The Morgan fingerprint density at radius 1 is 0.710 bits per heavy atom. The Bertz CT molecular complexity index is 891. The van der Waals surface area contributed by atoms with E-state index in [9.17, 15) is 14.0 Å². The Hall–Kier alpha value is -2.77. The van der Waals surface area contributed by atoms with Crippen LogP contribution in [-0.2, 0) is 11.3 Å². The summed E-state index contributed by atoms with van der Waals surface area (Å²) in [7, 11) is 0. The van der Waals surface area contributed by atoms with Gasteiger partial charge in [-0.25, -0.2) is 4.39 Å². The van der Waals surface area contributed by atoms with E-state index in [1.54, 1.807) is 6.07 Å². The van der Waals surface area contributed by atoms with E-state index < -0.39 is 0 Å². The van der Waals surface area contributed by atoms with Crippen molar-refractivity contribution in [1.29, 1.82) is 0 Å². The molecule has 4 rings (SSSR count). The first-order valence-corrected chi connectivity index (χ1v) is 10.9. The quantitative estimate of drug-likeness (QED) is 0.736. The van der Waals surface area contributed by atoms with E-state index in [0.29, 0.717) is 63.5 Å². The SMILES string of the molecule is O=C(CN1CCN(C(=O)c2ccccc2)CC1)N1CCN(Cc2ccccc2F)CC1. The first kappa shape index (κ1) is 21.5. The molecule has 2 aliphatic heterocycles. The number of nitrogens with zero attached hydrogens (tertiary/aromatic N) is 4. The molecule has 2 heterocycles. The number of hydrogen-bond acceptors (Lipinski definition) is 4. The van der Waals surface area contributed by atoms with Crippen LogP contribution in [0.25, 0.3) is 0 Å². The third kappa shape index (κ3) is 5.48. The lowest BCUT2D eigenvalue weighted by molar-refractivity contribution is -0.134. The predicted octanol–water partition coefficient (Wildman–Crippen LogP) is 1.93. The summed E-state index contributed by atoms with van der Waals surface area (Å²) in [6.45, 7) is 6.48. The molecule has 0 aliphatic carbocycles. The first-order chi connectivity index (χ1) is 15.1. The summed E-state index contributed by atoms with van der Waals surface area (Å²) in [4.78, 5) is 33.4. The van der Waals surface area contributed by atoms with Gasteiger partial charge in [0.05, 0.1) is 6.54 Å². The number of rotatable bonds is 5. The zero-order valence-electron chi connectivity index (χ0n) is 17.8. The fraction of sp³-hybridized carbons (Fsp3) is 0.417. The molecule has 0 radical (unpaired) electrons. The molecule has 0 unspecified atom stereocenters. The van der Waals surface area contributed by atoms with Crippen molar-refractivity contribution >= 4 is 11.8 Å². The zero-order chi connectivity index (χ0) is 21.6. The summed E-state index contributed by atoms with van der Waals surface area (Å²) in [5, 5.41) is 0. The summed E-state index contributed by atoms with van der Waals surface area (Å²) in [5.74, 6) is 0.0109. The second kappa shape index (κ2) is 10.0. The third-order valence-electron chi connectivity index (χ3n) is 6.12. The molecule has 0 N–H and O–H groups in total. The third-order valence-corrected chi connectivity index (χ3v) is 6.12. The van der Waals surface area contributed by atoms with Crippen LogP contribution in [0.5, 0.6) is 0 Å². The van der Waals surface area contributed by atoms with Crippen LogP contribution in [0, 0.1) is 5.82 Å². The number of benzene rings is 2. The average molecular weight is 425 g/mol. The summed E-state index contributed by atoms with van der Waals surface area (Å²) in [6.07, 6.45) is 0. The minimum Gasteiger partial charge on any atom is -0.339 e. The summed E-state index contributed by atoms with van der Waals surface area (Å²) >= 11 is 0. The molecular formula is C24H29FN4O2. The molecule has 0 spiro atoms. The number of amides is 2. The molecule has 2 amide bonds. The van der Waals surface area contributed by atoms with E-state index in [1.165, 1.54) is 6.07 Å². The van der Waals surface area contributed by atoms with Gasteiger partial charge in [-0.3, -0.25) is 19.4 Å². The Morgan fingerprint density at radius 2 is 1.29 bits per heavy atom. The Labute approximate surface area is 182 Å². The van der Waals surface area contributed by atoms with Gasteiger partial charge in [0.15, 0.2) is 0 Å². The normalized spacial score (nSPS) is 18.2. The molecule has 2 aromatic rings. The van der Waals surface area contributed by atoms with E-state index in [0.717, 1.165) is 13.1 Å². The lowest BCUT2D eigenvalue weighted by Gasteiger charge is -2.38. The fourth-order valence-electron chi connectivity index (χ4n) is 4.19. The number of halogens is 1. The van der Waals surface area contributed by atoms with E-state index >= 15 is 0 Å². The van der Waals surface area contributed by atoms with Gasteiger partial charge in [-0.15, -0.1) is 0 Å². The number of carbonyl (C=O) groups is 2. The minimum atomic E-state index is -0.175. The highest BCUT2D eigenvalue weighted by atomic mass is 19.1. The highest BCUT2D eigenvalue weighted by molar-refractivity contribution is 5.94. The molecule has 0 atom stereocenters. The average Bonchev–Trinajstić information content (AvgIpc) is 2.81. The molecule has 2 aliphatic rings. The molecule has 0 bridgehead atoms. The highest BCUT2D eigenvalue weighted by Crippen LogP contribution is 2.13. The number of hydrogen-bond donors (Lipinski definition) is 0.